The van der Waals surface area contributed by atoms with Crippen LogP contribution in [0.3, 0.4) is 0 Å². The van der Waals surface area contributed by atoms with E-state index in [0.29, 0.717) is 12.2 Å². The SMILES string of the molecule is CCC(=O)CCCN(C)Cc1ccsc1. The van der Waals surface area contributed by atoms with Gasteiger partial charge in [0.25, 0.3) is 0 Å². The average Bonchev–Trinajstić information content (AvgIpc) is 2.70. The van der Waals surface area contributed by atoms with Crippen LogP contribution < -0.4 is 0 Å². The third-order valence-electron chi connectivity index (χ3n) is 2.42. The Hall–Kier alpha value is -0.670. The van der Waals surface area contributed by atoms with Gasteiger partial charge in [0.15, 0.2) is 0 Å². The smallest absolute Gasteiger partial charge is 0.132 e. The van der Waals surface area contributed by atoms with Crippen molar-refractivity contribution >= 4 is 17.1 Å². The summed E-state index contributed by atoms with van der Waals surface area (Å²) in [4.78, 5) is 13.4. The lowest BCUT2D eigenvalue weighted by atomic mass is 10.2. The van der Waals surface area contributed by atoms with E-state index in [0.717, 1.165) is 25.9 Å². The van der Waals surface area contributed by atoms with Crippen LogP contribution >= 0.6 is 11.3 Å². The largest absolute Gasteiger partial charge is 0.302 e. The van der Waals surface area contributed by atoms with Gasteiger partial charge >= 0.3 is 0 Å². The van der Waals surface area contributed by atoms with Gasteiger partial charge in [0.2, 0.25) is 0 Å². The zero-order valence-corrected chi connectivity index (χ0v) is 10.3. The molecule has 0 N–H and O–H groups in total. The highest BCUT2D eigenvalue weighted by atomic mass is 32.1. The van der Waals surface area contributed by atoms with Crippen molar-refractivity contribution in [2.75, 3.05) is 13.6 Å². The highest BCUT2D eigenvalue weighted by molar-refractivity contribution is 7.07. The van der Waals surface area contributed by atoms with E-state index in [1.807, 2.05) is 6.92 Å². The van der Waals surface area contributed by atoms with Crippen LogP contribution in [0.1, 0.15) is 31.7 Å². The molecule has 0 aliphatic heterocycles. The van der Waals surface area contributed by atoms with E-state index in [4.69, 9.17) is 0 Å². The molecular weight excluding hydrogens is 206 g/mol. The van der Waals surface area contributed by atoms with Gasteiger partial charge in [-0.15, -0.1) is 0 Å². The van der Waals surface area contributed by atoms with Gasteiger partial charge in [-0.3, -0.25) is 4.79 Å². The van der Waals surface area contributed by atoms with Crippen molar-refractivity contribution < 1.29 is 4.79 Å². The van der Waals surface area contributed by atoms with Crippen molar-refractivity contribution in [1.29, 1.82) is 0 Å². The predicted octanol–water partition coefficient (Wildman–Crippen LogP) is 2.94. The van der Waals surface area contributed by atoms with Crippen molar-refractivity contribution in [3.63, 3.8) is 0 Å². The maximum absolute atomic E-state index is 11.1. The molecule has 0 saturated carbocycles. The van der Waals surface area contributed by atoms with Crippen LogP contribution in [-0.4, -0.2) is 24.3 Å². The fourth-order valence-corrected chi connectivity index (χ4v) is 2.16. The van der Waals surface area contributed by atoms with E-state index in [1.165, 1.54) is 5.56 Å². The van der Waals surface area contributed by atoms with Crippen LogP contribution in [-0.2, 0) is 11.3 Å². The molecule has 0 atom stereocenters. The minimum Gasteiger partial charge on any atom is -0.302 e. The average molecular weight is 225 g/mol. The first-order chi connectivity index (χ1) is 7.22. The Morgan fingerprint density at radius 1 is 1.53 bits per heavy atom. The molecule has 84 valence electrons. The fraction of sp³-hybridized carbons (Fsp3) is 0.583. The highest BCUT2D eigenvalue weighted by Crippen LogP contribution is 2.08. The quantitative estimate of drug-likeness (QED) is 0.711. The van der Waals surface area contributed by atoms with Crippen LogP contribution in [0, 0.1) is 0 Å². The first-order valence-corrected chi connectivity index (χ1v) is 6.38. The summed E-state index contributed by atoms with van der Waals surface area (Å²) in [6.45, 7) is 3.92. The van der Waals surface area contributed by atoms with E-state index in [1.54, 1.807) is 11.3 Å². The number of nitrogens with zero attached hydrogens (tertiary/aromatic N) is 1. The molecule has 0 saturated heterocycles. The molecule has 0 aliphatic rings. The van der Waals surface area contributed by atoms with Crippen molar-refractivity contribution in [3.05, 3.63) is 22.4 Å². The lowest BCUT2D eigenvalue weighted by molar-refractivity contribution is -0.118. The lowest BCUT2D eigenvalue weighted by Gasteiger charge is -2.15. The Morgan fingerprint density at radius 3 is 2.93 bits per heavy atom. The van der Waals surface area contributed by atoms with Gasteiger partial charge in [-0.05, 0) is 42.4 Å². The molecule has 0 aliphatic carbocycles. The molecule has 3 heteroatoms. The summed E-state index contributed by atoms with van der Waals surface area (Å²) in [6, 6.07) is 2.15. The first-order valence-electron chi connectivity index (χ1n) is 5.43. The number of hydrogen-bond acceptors (Lipinski definition) is 3. The summed E-state index contributed by atoms with van der Waals surface area (Å²) in [7, 11) is 2.11. The number of Topliss-reactive ketones (excluding diaryl/α,β-unsaturated/α-hetero) is 1. The predicted molar refractivity (Wildman–Crippen MR) is 65.2 cm³/mol. The molecule has 1 rings (SSSR count). The van der Waals surface area contributed by atoms with E-state index >= 15 is 0 Å². The molecule has 0 aromatic carbocycles. The standard InChI is InChI=1S/C12H19NOS/c1-3-12(14)5-4-7-13(2)9-11-6-8-15-10-11/h6,8,10H,3-5,7,9H2,1-2H3. The van der Waals surface area contributed by atoms with Gasteiger partial charge < -0.3 is 4.90 Å². The first kappa shape index (κ1) is 12.4. The molecule has 0 amide bonds. The third kappa shape index (κ3) is 5.09. The van der Waals surface area contributed by atoms with Crippen LogP contribution in [0.2, 0.25) is 0 Å². The molecule has 1 aromatic rings. The van der Waals surface area contributed by atoms with Gasteiger partial charge in [-0.1, -0.05) is 6.92 Å². The van der Waals surface area contributed by atoms with E-state index in [2.05, 4.69) is 28.8 Å². The number of rotatable bonds is 7. The maximum atomic E-state index is 11.1. The van der Waals surface area contributed by atoms with Gasteiger partial charge in [-0.2, -0.15) is 11.3 Å². The summed E-state index contributed by atoms with van der Waals surface area (Å²) in [6.07, 6.45) is 2.38. The fourth-order valence-electron chi connectivity index (χ4n) is 1.50. The second kappa shape index (κ2) is 6.75. The Balaban J connectivity index is 2.14. The van der Waals surface area contributed by atoms with Gasteiger partial charge in [-0.25, -0.2) is 0 Å². The maximum Gasteiger partial charge on any atom is 0.132 e. The second-order valence-electron chi connectivity index (χ2n) is 3.87. The second-order valence-corrected chi connectivity index (χ2v) is 4.65. The molecule has 0 fully saturated rings. The molecule has 0 radical (unpaired) electrons. The lowest BCUT2D eigenvalue weighted by Crippen LogP contribution is -2.19. The molecule has 1 aromatic heterocycles. The van der Waals surface area contributed by atoms with Crippen molar-refractivity contribution in [3.8, 4) is 0 Å². The highest BCUT2D eigenvalue weighted by Gasteiger charge is 2.02. The van der Waals surface area contributed by atoms with Crippen LogP contribution in [0.25, 0.3) is 0 Å². The summed E-state index contributed by atoms with van der Waals surface area (Å²) in [5, 5.41) is 4.28. The minimum atomic E-state index is 0.374. The normalized spacial score (nSPS) is 10.9. The van der Waals surface area contributed by atoms with Gasteiger partial charge in [0.1, 0.15) is 5.78 Å². The third-order valence-corrected chi connectivity index (χ3v) is 3.15. The van der Waals surface area contributed by atoms with Crippen molar-refractivity contribution in [2.24, 2.45) is 0 Å². The molecular formula is C12H19NOS. The number of ketones is 1. The Bertz CT molecular complexity index is 282. The van der Waals surface area contributed by atoms with Crippen molar-refractivity contribution in [1.82, 2.24) is 4.90 Å². The molecule has 0 spiro atoms. The monoisotopic (exact) mass is 225 g/mol. The van der Waals surface area contributed by atoms with Crippen LogP contribution in [0.15, 0.2) is 16.8 Å². The van der Waals surface area contributed by atoms with E-state index in [-0.39, 0.29) is 0 Å². The minimum absolute atomic E-state index is 0.374. The molecule has 0 unspecified atom stereocenters. The Kier molecular flexibility index (Phi) is 5.58. The number of thiophene rings is 1. The Morgan fingerprint density at radius 2 is 2.33 bits per heavy atom. The number of carbonyl (C=O) groups is 1. The van der Waals surface area contributed by atoms with Gasteiger partial charge in [0.05, 0.1) is 0 Å². The van der Waals surface area contributed by atoms with Crippen LogP contribution in [0.5, 0.6) is 0 Å². The topological polar surface area (TPSA) is 20.3 Å². The molecule has 15 heavy (non-hydrogen) atoms. The van der Waals surface area contributed by atoms with E-state index < -0.39 is 0 Å². The zero-order valence-electron chi connectivity index (χ0n) is 9.53. The Labute approximate surface area is 95.9 Å². The summed E-state index contributed by atoms with van der Waals surface area (Å²) >= 11 is 1.73. The zero-order chi connectivity index (χ0) is 11.1. The van der Waals surface area contributed by atoms with E-state index in [9.17, 15) is 4.79 Å². The van der Waals surface area contributed by atoms with Crippen molar-refractivity contribution in [2.45, 2.75) is 32.7 Å². The van der Waals surface area contributed by atoms with Gasteiger partial charge in [0, 0.05) is 19.4 Å². The summed E-state index contributed by atoms with van der Waals surface area (Å²) in [5.41, 5.74) is 1.37. The molecule has 1 heterocycles. The van der Waals surface area contributed by atoms with Crippen LogP contribution in [0.4, 0.5) is 0 Å². The molecule has 2 nitrogen and oxygen atoms in total. The number of carbonyl (C=O) groups excluding carboxylic acids is 1. The summed E-state index contributed by atoms with van der Waals surface area (Å²) < 4.78 is 0. The number of hydrogen-bond donors (Lipinski definition) is 0. The molecule has 0 bridgehead atoms. The summed E-state index contributed by atoms with van der Waals surface area (Å²) in [5.74, 6) is 0.374.